The third-order valence-corrected chi connectivity index (χ3v) is 3.49. The van der Waals surface area contributed by atoms with Crippen LogP contribution >= 0.6 is 0 Å². The van der Waals surface area contributed by atoms with Crippen LogP contribution in [0.1, 0.15) is 27.7 Å². The number of aryl methyl sites for hydroxylation is 1. The van der Waals surface area contributed by atoms with E-state index in [-0.39, 0.29) is 18.3 Å². The molecule has 1 aliphatic heterocycles. The zero-order valence-electron chi connectivity index (χ0n) is 10.7. The fourth-order valence-corrected chi connectivity index (χ4v) is 1.73. The molecule has 1 aliphatic rings. The first-order valence-corrected chi connectivity index (χ1v) is 5.63. The van der Waals surface area contributed by atoms with Crippen LogP contribution in [-0.4, -0.2) is 18.3 Å². The van der Waals surface area contributed by atoms with Crippen LogP contribution in [-0.2, 0) is 16.4 Å². The van der Waals surface area contributed by atoms with Crippen molar-refractivity contribution in [2.24, 2.45) is 7.05 Å². The van der Waals surface area contributed by atoms with E-state index in [0.29, 0.717) is 0 Å². The Balaban J connectivity index is 2.27. The largest absolute Gasteiger partial charge is 0.500 e. The summed E-state index contributed by atoms with van der Waals surface area (Å²) in [5, 5.41) is 0. The normalized spacial score (nSPS) is 22.4. The highest BCUT2D eigenvalue weighted by Crippen LogP contribution is 2.36. The predicted octanol–water partition coefficient (Wildman–Crippen LogP) is 0.810. The van der Waals surface area contributed by atoms with Crippen LogP contribution in [0.5, 0.6) is 0 Å². The number of rotatable bonds is 1. The highest BCUT2D eigenvalue weighted by Gasteiger charge is 2.52. The summed E-state index contributed by atoms with van der Waals surface area (Å²) in [7, 11) is 1.73. The lowest BCUT2D eigenvalue weighted by Crippen LogP contribution is -2.41. The summed E-state index contributed by atoms with van der Waals surface area (Å²) in [5.74, 6) is 0. The molecule has 1 saturated heterocycles. The molecule has 0 unspecified atom stereocenters. The van der Waals surface area contributed by atoms with Gasteiger partial charge in [0.1, 0.15) is 7.05 Å². The van der Waals surface area contributed by atoms with E-state index in [1.54, 1.807) is 0 Å². The molecule has 0 atom stereocenters. The van der Waals surface area contributed by atoms with Crippen molar-refractivity contribution in [1.82, 2.24) is 0 Å². The minimum absolute atomic E-state index is 0.266. The van der Waals surface area contributed by atoms with Crippen LogP contribution in [0.15, 0.2) is 24.5 Å². The van der Waals surface area contributed by atoms with Crippen LogP contribution in [0.4, 0.5) is 0 Å². The molecule has 86 valence electrons. The molecular weight excluding hydrogens is 201 g/mol. The zero-order chi connectivity index (χ0) is 12.0. The summed E-state index contributed by atoms with van der Waals surface area (Å²) in [5.41, 5.74) is 0.515. The van der Waals surface area contributed by atoms with Crippen molar-refractivity contribution >= 4 is 12.6 Å². The van der Waals surface area contributed by atoms with Crippen molar-refractivity contribution in [2.45, 2.75) is 38.9 Å². The predicted molar refractivity (Wildman–Crippen MR) is 63.3 cm³/mol. The van der Waals surface area contributed by atoms with Gasteiger partial charge in [0.05, 0.1) is 11.2 Å². The molecule has 1 aromatic heterocycles. The van der Waals surface area contributed by atoms with E-state index in [1.165, 1.54) is 0 Å². The molecule has 0 radical (unpaired) electrons. The molecule has 1 fully saturated rings. The zero-order valence-corrected chi connectivity index (χ0v) is 10.7. The van der Waals surface area contributed by atoms with Crippen molar-refractivity contribution in [3.8, 4) is 0 Å². The lowest BCUT2D eigenvalue weighted by atomic mass is 9.80. The molecule has 0 N–H and O–H groups in total. The minimum Gasteiger partial charge on any atom is -0.399 e. The number of pyridine rings is 1. The minimum atomic E-state index is -0.272. The van der Waals surface area contributed by atoms with Crippen molar-refractivity contribution in [3.63, 3.8) is 0 Å². The number of hydrogen-bond donors (Lipinski definition) is 0. The lowest BCUT2D eigenvalue weighted by molar-refractivity contribution is -0.670. The van der Waals surface area contributed by atoms with E-state index >= 15 is 0 Å². The maximum absolute atomic E-state index is 5.97. The maximum Gasteiger partial charge on any atom is 0.500 e. The summed E-state index contributed by atoms with van der Waals surface area (Å²) < 4.78 is 13.9. The van der Waals surface area contributed by atoms with Gasteiger partial charge < -0.3 is 9.31 Å². The summed E-state index contributed by atoms with van der Waals surface area (Å²) in [6.45, 7) is 8.26. The standard InChI is InChI=1S/C12H19BNO2/c1-11(2)12(3,4)16-13(15-11)10-7-6-8-14(5)9-10/h6-9H,1-5H3/q+1. The second-order valence-corrected chi connectivity index (χ2v) is 5.39. The van der Waals surface area contributed by atoms with Crippen LogP contribution < -0.4 is 10.0 Å². The average Bonchev–Trinajstić information content (AvgIpc) is 2.36. The van der Waals surface area contributed by atoms with Gasteiger partial charge in [0.15, 0.2) is 12.4 Å². The molecule has 2 heterocycles. The molecular formula is C12H19BNO2+. The molecule has 0 amide bonds. The maximum atomic E-state index is 5.97. The van der Waals surface area contributed by atoms with E-state index < -0.39 is 0 Å². The van der Waals surface area contributed by atoms with Gasteiger partial charge in [-0.25, -0.2) is 4.57 Å². The van der Waals surface area contributed by atoms with Crippen molar-refractivity contribution in [1.29, 1.82) is 0 Å². The number of nitrogens with zero attached hydrogens (tertiary/aromatic N) is 1. The first-order valence-electron chi connectivity index (χ1n) is 5.63. The van der Waals surface area contributed by atoms with Gasteiger partial charge in [0.25, 0.3) is 0 Å². The molecule has 4 heteroatoms. The Morgan fingerprint density at radius 2 is 1.69 bits per heavy atom. The molecule has 0 saturated carbocycles. The van der Waals surface area contributed by atoms with Gasteiger partial charge in [-0.15, -0.1) is 0 Å². The van der Waals surface area contributed by atoms with Gasteiger partial charge in [-0.1, -0.05) is 6.07 Å². The molecule has 16 heavy (non-hydrogen) atoms. The van der Waals surface area contributed by atoms with E-state index in [9.17, 15) is 0 Å². The Morgan fingerprint density at radius 3 is 2.19 bits per heavy atom. The van der Waals surface area contributed by atoms with Crippen molar-refractivity contribution < 1.29 is 13.9 Å². The summed E-state index contributed by atoms with van der Waals surface area (Å²) in [6, 6.07) is 4.03. The Bertz CT molecular complexity index is 388. The van der Waals surface area contributed by atoms with Crippen LogP contribution in [0.25, 0.3) is 0 Å². The average molecular weight is 220 g/mol. The van der Waals surface area contributed by atoms with E-state index in [4.69, 9.17) is 9.31 Å². The first kappa shape index (κ1) is 11.6. The lowest BCUT2D eigenvalue weighted by Gasteiger charge is -2.32. The van der Waals surface area contributed by atoms with Gasteiger partial charge in [0.2, 0.25) is 0 Å². The molecule has 0 aliphatic carbocycles. The van der Waals surface area contributed by atoms with Crippen LogP contribution in [0.3, 0.4) is 0 Å². The van der Waals surface area contributed by atoms with E-state index in [1.807, 2.05) is 36.1 Å². The quantitative estimate of drug-likeness (QED) is 0.516. The van der Waals surface area contributed by atoms with Crippen molar-refractivity contribution in [3.05, 3.63) is 24.5 Å². The van der Waals surface area contributed by atoms with Gasteiger partial charge in [0, 0.05) is 11.5 Å². The van der Waals surface area contributed by atoms with Gasteiger partial charge >= 0.3 is 7.12 Å². The third kappa shape index (κ3) is 1.87. The second kappa shape index (κ2) is 3.57. The Labute approximate surface area is 97.5 Å². The van der Waals surface area contributed by atoms with E-state index in [2.05, 4.69) is 27.7 Å². The Kier molecular flexibility index (Phi) is 2.59. The van der Waals surface area contributed by atoms with Crippen LogP contribution in [0, 0.1) is 0 Å². The van der Waals surface area contributed by atoms with Crippen LogP contribution in [0.2, 0.25) is 0 Å². The summed E-state index contributed by atoms with van der Waals surface area (Å²) in [6.07, 6.45) is 4.02. The molecule has 0 aromatic carbocycles. The fourth-order valence-electron chi connectivity index (χ4n) is 1.73. The summed E-state index contributed by atoms with van der Waals surface area (Å²) >= 11 is 0. The third-order valence-electron chi connectivity index (χ3n) is 3.49. The molecule has 0 spiro atoms. The van der Waals surface area contributed by atoms with Gasteiger partial charge in [-0.05, 0) is 27.7 Å². The highest BCUT2D eigenvalue weighted by molar-refractivity contribution is 6.61. The monoisotopic (exact) mass is 220 g/mol. The molecule has 0 bridgehead atoms. The number of aromatic nitrogens is 1. The molecule has 1 aromatic rings. The first-order chi connectivity index (χ1) is 7.32. The second-order valence-electron chi connectivity index (χ2n) is 5.39. The fraction of sp³-hybridized carbons (Fsp3) is 0.583. The van der Waals surface area contributed by atoms with Crippen molar-refractivity contribution in [2.75, 3.05) is 0 Å². The smallest absolute Gasteiger partial charge is 0.399 e. The van der Waals surface area contributed by atoms with Gasteiger partial charge in [-0.2, -0.15) is 0 Å². The number of hydrogen-bond acceptors (Lipinski definition) is 2. The Morgan fingerprint density at radius 1 is 1.12 bits per heavy atom. The Hall–Kier alpha value is -0.865. The summed E-state index contributed by atoms with van der Waals surface area (Å²) in [4.78, 5) is 0. The topological polar surface area (TPSA) is 22.3 Å². The molecule has 2 rings (SSSR count). The van der Waals surface area contributed by atoms with Gasteiger partial charge in [-0.3, -0.25) is 0 Å². The molecule has 3 nitrogen and oxygen atoms in total. The van der Waals surface area contributed by atoms with E-state index in [0.717, 1.165) is 5.46 Å². The highest BCUT2D eigenvalue weighted by atomic mass is 16.7. The SMILES string of the molecule is C[n+]1cccc(B2OC(C)(C)C(C)(C)O2)c1.